The lowest BCUT2D eigenvalue weighted by atomic mass is 9.75. The number of fused-ring (bicyclic) bond motifs is 8. The van der Waals surface area contributed by atoms with Crippen molar-refractivity contribution >= 4 is 50.1 Å². The number of furan rings is 1. The van der Waals surface area contributed by atoms with Gasteiger partial charge in [0.2, 0.25) is 5.89 Å². The molecule has 2 unspecified atom stereocenters. The molecule has 0 spiro atoms. The third kappa shape index (κ3) is 3.80. The highest BCUT2D eigenvalue weighted by Crippen LogP contribution is 2.47. The summed E-state index contributed by atoms with van der Waals surface area (Å²) in [6.07, 6.45) is 11.4. The lowest BCUT2D eigenvalue weighted by Gasteiger charge is -2.36. The van der Waals surface area contributed by atoms with E-state index in [0.717, 1.165) is 50.0 Å². The number of anilines is 2. The van der Waals surface area contributed by atoms with E-state index in [0.29, 0.717) is 11.8 Å². The van der Waals surface area contributed by atoms with Crippen molar-refractivity contribution in [2.45, 2.75) is 5.92 Å². The molecule has 7 aromatic rings. The minimum atomic E-state index is 0.283. The van der Waals surface area contributed by atoms with Crippen molar-refractivity contribution in [2.75, 3.05) is 4.90 Å². The van der Waals surface area contributed by atoms with Crippen molar-refractivity contribution in [3.8, 4) is 11.5 Å². The van der Waals surface area contributed by atoms with E-state index in [1.54, 1.807) is 0 Å². The van der Waals surface area contributed by atoms with Crippen LogP contribution in [0.3, 0.4) is 0 Å². The molecule has 43 heavy (non-hydrogen) atoms. The Morgan fingerprint density at radius 2 is 1.37 bits per heavy atom. The molecule has 204 valence electrons. The van der Waals surface area contributed by atoms with Crippen molar-refractivity contribution in [3.05, 3.63) is 157 Å². The van der Waals surface area contributed by atoms with Gasteiger partial charge in [0.05, 0.1) is 11.1 Å². The molecule has 2 heterocycles. The molecule has 0 aliphatic heterocycles. The highest BCUT2D eigenvalue weighted by Gasteiger charge is 2.31. The zero-order valence-electron chi connectivity index (χ0n) is 23.2. The fourth-order valence-electron chi connectivity index (χ4n) is 6.67. The summed E-state index contributed by atoms with van der Waals surface area (Å²) in [6, 6.07) is 39.8. The van der Waals surface area contributed by atoms with Gasteiger partial charge in [-0.1, -0.05) is 91.0 Å². The van der Waals surface area contributed by atoms with Gasteiger partial charge in [-0.2, -0.15) is 0 Å². The standard InChI is InChI=1S/C39H26N2O2/c1-3-11-25(12-4-1)39-40-38-36(43-39)22-21-35-37(38)32-24-28(19-20-34(32)42-35)41(27-14-5-2-6-15-27)33-23-26-13-7-8-16-29(26)30-17-9-10-18-31(30)33/h1-24,26,29H. The number of oxazole rings is 1. The SMILES string of the molecule is C1=CC2C=C(N(c3ccccc3)c3ccc4oc5ccc6oc(-c7ccccc7)nc6c5c4c3)c3ccccc3C2C=C1. The number of allylic oxidation sites excluding steroid dienone is 5. The Hall–Kier alpha value is -5.61. The molecular weight excluding hydrogens is 528 g/mol. The van der Waals surface area contributed by atoms with Gasteiger partial charge in [-0.25, -0.2) is 4.98 Å². The molecule has 0 N–H and O–H groups in total. The predicted molar refractivity (Wildman–Crippen MR) is 174 cm³/mol. The third-order valence-electron chi connectivity index (χ3n) is 8.63. The van der Waals surface area contributed by atoms with E-state index < -0.39 is 0 Å². The molecule has 2 aliphatic carbocycles. The molecule has 2 aliphatic rings. The molecule has 0 fully saturated rings. The summed E-state index contributed by atoms with van der Waals surface area (Å²) >= 11 is 0. The van der Waals surface area contributed by atoms with Gasteiger partial charge in [0.1, 0.15) is 16.7 Å². The molecule has 9 rings (SSSR count). The Morgan fingerprint density at radius 3 is 2.26 bits per heavy atom. The predicted octanol–water partition coefficient (Wildman–Crippen LogP) is 10.4. The summed E-state index contributed by atoms with van der Waals surface area (Å²) < 4.78 is 12.6. The normalized spacial score (nSPS) is 17.3. The highest BCUT2D eigenvalue weighted by molar-refractivity contribution is 6.17. The molecule has 5 aromatic carbocycles. The van der Waals surface area contributed by atoms with Crippen LogP contribution in [0.2, 0.25) is 0 Å². The van der Waals surface area contributed by atoms with E-state index >= 15 is 0 Å². The Labute approximate surface area is 248 Å². The minimum Gasteiger partial charge on any atom is -0.456 e. The maximum absolute atomic E-state index is 6.36. The number of hydrogen-bond acceptors (Lipinski definition) is 4. The first-order chi connectivity index (χ1) is 21.3. The minimum absolute atomic E-state index is 0.283. The smallest absolute Gasteiger partial charge is 0.227 e. The zero-order chi connectivity index (χ0) is 28.3. The van der Waals surface area contributed by atoms with E-state index in [-0.39, 0.29) is 5.92 Å². The lowest BCUT2D eigenvalue weighted by molar-refractivity contribution is 0.619. The monoisotopic (exact) mass is 554 g/mol. The molecule has 0 saturated carbocycles. The largest absolute Gasteiger partial charge is 0.456 e. The van der Waals surface area contributed by atoms with E-state index in [1.165, 1.54) is 16.8 Å². The van der Waals surface area contributed by atoms with Crippen LogP contribution in [-0.2, 0) is 0 Å². The van der Waals surface area contributed by atoms with Crippen molar-refractivity contribution in [3.63, 3.8) is 0 Å². The van der Waals surface area contributed by atoms with Gasteiger partial charge in [-0.05, 0) is 60.2 Å². The van der Waals surface area contributed by atoms with Crippen LogP contribution in [0.1, 0.15) is 17.0 Å². The third-order valence-corrected chi connectivity index (χ3v) is 8.63. The summed E-state index contributed by atoms with van der Waals surface area (Å²) in [5.41, 5.74) is 10.0. The van der Waals surface area contributed by atoms with E-state index in [4.69, 9.17) is 13.8 Å². The number of nitrogens with zero attached hydrogens (tertiary/aromatic N) is 2. The van der Waals surface area contributed by atoms with Gasteiger partial charge in [0.25, 0.3) is 0 Å². The first kappa shape index (κ1) is 24.0. The van der Waals surface area contributed by atoms with Crippen LogP contribution in [0.5, 0.6) is 0 Å². The summed E-state index contributed by atoms with van der Waals surface area (Å²) in [6.45, 7) is 0. The molecule has 2 atom stereocenters. The number of rotatable bonds is 4. The van der Waals surface area contributed by atoms with Crippen LogP contribution in [0.4, 0.5) is 11.4 Å². The van der Waals surface area contributed by atoms with Crippen LogP contribution in [0, 0.1) is 5.92 Å². The van der Waals surface area contributed by atoms with Crippen LogP contribution < -0.4 is 4.90 Å². The molecule has 4 heteroatoms. The van der Waals surface area contributed by atoms with Gasteiger partial charge in [-0.15, -0.1) is 0 Å². The summed E-state index contributed by atoms with van der Waals surface area (Å²) in [7, 11) is 0. The van der Waals surface area contributed by atoms with Crippen LogP contribution >= 0.6 is 0 Å². The molecule has 2 aromatic heterocycles. The maximum Gasteiger partial charge on any atom is 0.227 e. The van der Waals surface area contributed by atoms with Crippen LogP contribution in [-0.4, -0.2) is 4.98 Å². The van der Waals surface area contributed by atoms with E-state index in [2.05, 4.69) is 108 Å². The molecule has 0 radical (unpaired) electrons. The summed E-state index contributed by atoms with van der Waals surface area (Å²) in [5, 5.41) is 1.97. The lowest BCUT2D eigenvalue weighted by Crippen LogP contribution is -2.23. The van der Waals surface area contributed by atoms with Gasteiger partial charge < -0.3 is 13.7 Å². The second kappa shape index (κ2) is 9.47. The topological polar surface area (TPSA) is 42.4 Å². The second-order valence-corrected chi connectivity index (χ2v) is 11.1. The Kier molecular flexibility index (Phi) is 5.29. The van der Waals surface area contributed by atoms with Crippen molar-refractivity contribution in [2.24, 2.45) is 5.92 Å². The summed E-state index contributed by atoms with van der Waals surface area (Å²) in [5.74, 6) is 1.22. The van der Waals surface area contributed by atoms with Crippen molar-refractivity contribution < 1.29 is 8.83 Å². The van der Waals surface area contributed by atoms with E-state index in [1.807, 2.05) is 42.5 Å². The quantitative estimate of drug-likeness (QED) is 0.217. The van der Waals surface area contributed by atoms with E-state index in [9.17, 15) is 0 Å². The average Bonchev–Trinajstić information content (AvgIpc) is 3.67. The van der Waals surface area contributed by atoms with Crippen LogP contribution in [0.25, 0.3) is 50.2 Å². The zero-order valence-corrected chi connectivity index (χ0v) is 23.2. The first-order valence-electron chi connectivity index (χ1n) is 14.6. The maximum atomic E-state index is 6.36. The number of aromatic nitrogens is 1. The Morgan fingerprint density at radius 1 is 0.628 bits per heavy atom. The molecule has 0 amide bonds. The number of hydrogen-bond donors (Lipinski definition) is 0. The average molecular weight is 555 g/mol. The first-order valence-corrected chi connectivity index (χ1v) is 14.6. The highest BCUT2D eigenvalue weighted by atomic mass is 16.4. The summed E-state index contributed by atoms with van der Waals surface area (Å²) in [4.78, 5) is 7.34. The van der Waals surface area contributed by atoms with Gasteiger partial charge in [0, 0.05) is 39.7 Å². The number of benzene rings is 5. The Balaban J connectivity index is 1.27. The fourth-order valence-corrected chi connectivity index (χ4v) is 6.67. The number of para-hydroxylation sites is 1. The van der Waals surface area contributed by atoms with Gasteiger partial charge in [-0.3, -0.25) is 0 Å². The molecule has 0 bridgehead atoms. The molecule has 0 saturated heterocycles. The van der Waals surface area contributed by atoms with Crippen molar-refractivity contribution in [1.82, 2.24) is 4.98 Å². The van der Waals surface area contributed by atoms with Crippen LogP contribution in [0.15, 0.2) is 154 Å². The van der Waals surface area contributed by atoms with Gasteiger partial charge in [0.15, 0.2) is 5.58 Å². The van der Waals surface area contributed by atoms with Crippen molar-refractivity contribution in [1.29, 1.82) is 0 Å². The van der Waals surface area contributed by atoms with Gasteiger partial charge >= 0.3 is 0 Å². The fraction of sp³-hybridized carbons (Fsp3) is 0.0513. The second-order valence-electron chi connectivity index (χ2n) is 11.1. The molecule has 4 nitrogen and oxygen atoms in total. The molecular formula is C39H26N2O2. The Bertz CT molecular complexity index is 2250.